The summed E-state index contributed by atoms with van der Waals surface area (Å²) < 4.78 is 0. The second kappa shape index (κ2) is 4.08. The molecule has 2 bridgehead atoms. The molecule has 0 unspecified atom stereocenters. The normalized spacial score (nSPS) is 35.9. The summed E-state index contributed by atoms with van der Waals surface area (Å²) in [5.74, 6) is 1.20. The molecule has 3 nitrogen and oxygen atoms in total. The lowest BCUT2D eigenvalue weighted by atomic mass is 9.84. The zero-order chi connectivity index (χ0) is 13.9. The monoisotopic (exact) mass is 270 g/mol. The van der Waals surface area contributed by atoms with E-state index in [1.54, 1.807) is 0 Å². The van der Waals surface area contributed by atoms with E-state index in [1.165, 1.54) is 24.2 Å². The maximum atomic E-state index is 5.85. The molecule has 1 saturated heterocycles. The molecule has 0 aromatic heterocycles. The van der Waals surface area contributed by atoms with Gasteiger partial charge in [0, 0.05) is 12.1 Å². The van der Waals surface area contributed by atoms with E-state index in [0.717, 1.165) is 0 Å². The highest BCUT2D eigenvalue weighted by molar-refractivity contribution is 6.03. The van der Waals surface area contributed by atoms with Crippen LogP contribution in [0, 0.1) is 11.8 Å². The summed E-state index contributed by atoms with van der Waals surface area (Å²) in [6.07, 6.45) is 1.53. The molecular formula is C17H22N2O. The van der Waals surface area contributed by atoms with Crippen molar-refractivity contribution in [2.45, 2.75) is 44.9 Å². The molecule has 0 N–H and O–H groups in total. The van der Waals surface area contributed by atoms with Gasteiger partial charge in [0.2, 0.25) is 0 Å². The minimum Gasteiger partial charge on any atom is -0.390 e. The smallest absolute Gasteiger partial charge is 0.151 e. The standard InChI is InChI=1S/C17H22N2O/c1-17(2,3)19-10-12-9-13(19)16-14(12)15(18-20-16)11-7-5-4-6-8-11/h4-8,12-14,16H,9-10H2,1-3H3/t12-,13-,14+,16+/m0/s1. The number of oxime groups is 1. The van der Waals surface area contributed by atoms with E-state index in [1.807, 2.05) is 0 Å². The van der Waals surface area contributed by atoms with Gasteiger partial charge in [-0.25, -0.2) is 0 Å². The summed E-state index contributed by atoms with van der Waals surface area (Å²) in [6, 6.07) is 11.1. The Hall–Kier alpha value is -1.35. The number of benzene rings is 1. The van der Waals surface area contributed by atoms with Gasteiger partial charge in [-0.05, 0) is 38.7 Å². The first-order chi connectivity index (χ1) is 9.55. The number of fused-ring (bicyclic) bond motifs is 5. The van der Waals surface area contributed by atoms with Crippen LogP contribution in [0.2, 0.25) is 0 Å². The predicted octanol–water partition coefficient (Wildman–Crippen LogP) is 2.91. The van der Waals surface area contributed by atoms with E-state index in [0.29, 0.717) is 17.9 Å². The average Bonchev–Trinajstić information content (AvgIpc) is 3.10. The minimum atomic E-state index is 0.225. The Morgan fingerprint density at radius 2 is 1.95 bits per heavy atom. The van der Waals surface area contributed by atoms with Crippen molar-refractivity contribution in [1.82, 2.24) is 4.90 Å². The zero-order valence-corrected chi connectivity index (χ0v) is 12.4. The van der Waals surface area contributed by atoms with Gasteiger partial charge in [0.25, 0.3) is 0 Å². The van der Waals surface area contributed by atoms with Crippen LogP contribution >= 0.6 is 0 Å². The van der Waals surface area contributed by atoms with Gasteiger partial charge in [-0.15, -0.1) is 0 Å². The van der Waals surface area contributed by atoms with E-state index in [9.17, 15) is 0 Å². The van der Waals surface area contributed by atoms with Crippen LogP contribution in [0.4, 0.5) is 0 Å². The highest BCUT2D eigenvalue weighted by atomic mass is 16.6. The Kier molecular flexibility index (Phi) is 2.53. The van der Waals surface area contributed by atoms with Gasteiger partial charge in [0.15, 0.2) is 6.10 Å². The fourth-order valence-electron chi connectivity index (χ4n) is 4.30. The largest absolute Gasteiger partial charge is 0.390 e. The van der Waals surface area contributed by atoms with Gasteiger partial charge in [0.1, 0.15) is 0 Å². The van der Waals surface area contributed by atoms with Crippen LogP contribution in [0.5, 0.6) is 0 Å². The Labute approximate surface area is 120 Å². The van der Waals surface area contributed by atoms with Crippen molar-refractivity contribution in [3.8, 4) is 0 Å². The van der Waals surface area contributed by atoms with Crippen LogP contribution in [0.3, 0.4) is 0 Å². The van der Waals surface area contributed by atoms with Crippen LogP contribution in [-0.4, -0.2) is 34.8 Å². The Bertz CT molecular complexity index is 546. The Balaban J connectivity index is 1.62. The molecular weight excluding hydrogens is 248 g/mol. The predicted molar refractivity (Wildman–Crippen MR) is 79.7 cm³/mol. The van der Waals surface area contributed by atoms with Crippen molar-refractivity contribution in [1.29, 1.82) is 0 Å². The summed E-state index contributed by atoms with van der Waals surface area (Å²) in [6.45, 7) is 8.09. The molecule has 2 aliphatic heterocycles. The van der Waals surface area contributed by atoms with Gasteiger partial charge in [-0.3, -0.25) is 4.90 Å². The fourth-order valence-corrected chi connectivity index (χ4v) is 4.30. The summed E-state index contributed by atoms with van der Waals surface area (Å²) in [4.78, 5) is 8.46. The van der Waals surface area contributed by atoms with Gasteiger partial charge < -0.3 is 4.84 Å². The van der Waals surface area contributed by atoms with Crippen LogP contribution in [0.25, 0.3) is 0 Å². The van der Waals surface area contributed by atoms with Crippen molar-refractivity contribution < 1.29 is 4.84 Å². The lowest BCUT2D eigenvalue weighted by molar-refractivity contribution is -0.0338. The molecule has 1 saturated carbocycles. The highest BCUT2D eigenvalue weighted by Crippen LogP contribution is 2.50. The molecule has 4 atom stereocenters. The fraction of sp³-hybridized carbons (Fsp3) is 0.588. The third kappa shape index (κ3) is 1.65. The SMILES string of the molecule is CC(C)(C)N1C[C@@H]2C[C@H]1[C@H]1ON=C(c3ccccc3)[C@@H]21. The minimum absolute atomic E-state index is 0.225. The van der Waals surface area contributed by atoms with Crippen molar-refractivity contribution in [2.75, 3.05) is 6.54 Å². The molecule has 2 heterocycles. The summed E-state index contributed by atoms with van der Waals surface area (Å²) in [5.41, 5.74) is 2.63. The van der Waals surface area contributed by atoms with E-state index in [2.05, 4.69) is 61.2 Å². The quantitative estimate of drug-likeness (QED) is 0.784. The number of nitrogens with zero attached hydrogens (tertiary/aromatic N) is 2. The Morgan fingerprint density at radius 3 is 2.65 bits per heavy atom. The second-order valence-corrected chi connectivity index (χ2v) is 7.32. The molecule has 1 aromatic rings. The maximum absolute atomic E-state index is 5.85. The van der Waals surface area contributed by atoms with Gasteiger partial charge in [-0.1, -0.05) is 35.5 Å². The van der Waals surface area contributed by atoms with Crippen molar-refractivity contribution in [2.24, 2.45) is 17.0 Å². The van der Waals surface area contributed by atoms with Gasteiger partial charge in [0.05, 0.1) is 17.7 Å². The number of hydrogen-bond acceptors (Lipinski definition) is 3. The second-order valence-electron chi connectivity index (χ2n) is 7.32. The van der Waals surface area contributed by atoms with Crippen molar-refractivity contribution in [3.63, 3.8) is 0 Å². The third-order valence-electron chi connectivity index (χ3n) is 5.14. The third-order valence-corrected chi connectivity index (χ3v) is 5.14. The van der Waals surface area contributed by atoms with Crippen LogP contribution < -0.4 is 0 Å². The molecule has 3 heteroatoms. The molecule has 2 fully saturated rings. The molecule has 20 heavy (non-hydrogen) atoms. The zero-order valence-electron chi connectivity index (χ0n) is 12.4. The van der Waals surface area contributed by atoms with Crippen LogP contribution in [-0.2, 0) is 4.84 Å². The number of rotatable bonds is 1. The van der Waals surface area contributed by atoms with Gasteiger partial charge in [-0.2, -0.15) is 0 Å². The van der Waals surface area contributed by atoms with E-state index in [4.69, 9.17) is 4.84 Å². The van der Waals surface area contributed by atoms with Crippen molar-refractivity contribution >= 4 is 5.71 Å². The highest BCUT2D eigenvalue weighted by Gasteiger charge is 2.59. The lowest BCUT2D eigenvalue weighted by Crippen LogP contribution is -2.54. The molecule has 4 rings (SSSR count). The number of piperidine rings is 1. The topological polar surface area (TPSA) is 24.8 Å². The lowest BCUT2D eigenvalue weighted by Gasteiger charge is -2.42. The van der Waals surface area contributed by atoms with Crippen molar-refractivity contribution in [3.05, 3.63) is 35.9 Å². The van der Waals surface area contributed by atoms with E-state index >= 15 is 0 Å². The summed E-state index contributed by atoms with van der Waals surface area (Å²) in [7, 11) is 0. The molecule has 0 spiro atoms. The molecule has 0 amide bonds. The molecule has 106 valence electrons. The molecule has 3 aliphatic rings. The molecule has 1 aliphatic carbocycles. The summed E-state index contributed by atoms with van der Waals surface area (Å²) >= 11 is 0. The number of likely N-dealkylation sites (tertiary alicyclic amines) is 1. The Morgan fingerprint density at radius 1 is 1.20 bits per heavy atom. The first-order valence-corrected chi connectivity index (χ1v) is 7.61. The first-order valence-electron chi connectivity index (χ1n) is 7.61. The van der Waals surface area contributed by atoms with E-state index in [-0.39, 0.29) is 11.6 Å². The molecule has 1 aromatic carbocycles. The van der Waals surface area contributed by atoms with Gasteiger partial charge >= 0.3 is 0 Å². The molecule has 0 radical (unpaired) electrons. The van der Waals surface area contributed by atoms with Crippen LogP contribution in [0.1, 0.15) is 32.8 Å². The number of hydrogen-bond donors (Lipinski definition) is 0. The van der Waals surface area contributed by atoms with Crippen LogP contribution in [0.15, 0.2) is 35.5 Å². The average molecular weight is 270 g/mol. The maximum Gasteiger partial charge on any atom is 0.151 e. The summed E-state index contributed by atoms with van der Waals surface area (Å²) in [5, 5.41) is 4.44. The first kappa shape index (κ1) is 12.4. The van der Waals surface area contributed by atoms with E-state index < -0.39 is 0 Å².